The van der Waals surface area contributed by atoms with Crippen molar-refractivity contribution in [3.8, 4) is 0 Å². The second-order valence-corrected chi connectivity index (χ2v) is 4.19. The van der Waals surface area contributed by atoms with Crippen molar-refractivity contribution in [1.82, 2.24) is 15.5 Å². The molecule has 0 aliphatic rings. The van der Waals surface area contributed by atoms with Crippen molar-refractivity contribution in [2.45, 2.75) is 39.7 Å². The van der Waals surface area contributed by atoms with Crippen LogP contribution in [0.3, 0.4) is 0 Å². The molecule has 4 N–H and O–H groups in total. The zero-order valence-corrected chi connectivity index (χ0v) is 10.2. The third-order valence-corrected chi connectivity index (χ3v) is 2.26. The molecule has 1 aromatic heterocycles. The topological polar surface area (TPSA) is 79.1 Å². The molecule has 0 aliphatic carbocycles. The standard InChI is InChI=1S/C11H21N5/c1-8(2)15-11(12)13-6-4-5-10-7-14-16-9(10)3/h7-8H,4-6H2,1-3H3,(H,14,16)(H3,12,13,15). The predicted molar refractivity (Wildman–Crippen MR) is 66.4 cm³/mol. The van der Waals surface area contributed by atoms with Gasteiger partial charge < -0.3 is 11.1 Å². The van der Waals surface area contributed by atoms with E-state index in [2.05, 4.69) is 20.5 Å². The van der Waals surface area contributed by atoms with Crippen molar-refractivity contribution in [1.29, 1.82) is 0 Å². The van der Waals surface area contributed by atoms with Crippen LogP contribution in [0, 0.1) is 6.92 Å². The third kappa shape index (κ3) is 4.33. The lowest BCUT2D eigenvalue weighted by molar-refractivity contribution is 0.719. The number of H-pyrrole nitrogens is 1. The van der Waals surface area contributed by atoms with E-state index in [0.29, 0.717) is 12.0 Å². The maximum atomic E-state index is 5.68. The van der Waals surface area contributed by atoms with Gasteiger partial charge in [-0.1, -0.05) is 0 Å². The molecule has 0 saturated heterocycles. The summed E-state index contributed by atoms with van der Waals surface area (Å²) in [5, 5.41) is 9.96. The number of nitrogens with one attached hydrogen (secondary N) is 2. The number of aromatic amines is 1. The summed E-state index contributed by atoms with van der Waals surface area (Å²) in [6.07, 6.45) is 3.84. The number of aryl methyl sites for hydroxylation is 2. The molecule has 0 atom stereocenters. The van der Waals surface area contributed by atoms with Gasteiger partial charge in [0, 0.05) is 18.3 Å². The number of aliphatic imine (C=N–C) groups is 1. The van der Waals surface area contributed by atoms with E-state index in [1.54, 1.807) is 0 Å². The second-order valence-electron chi connectivity index (χ2n) is 4.19. The molecule has 0 amide bonds. The van der Waals surface area contributed by atoms with Gasteiger partial charge in [0.05, 0.1) is 6.20 Å². The van der Waals surface area contributed by atoms with E-state index in [0.717, 1.165) is 25.1 Å². The van der Waals surface area contributed by atoms with Gasteiger partial charge in [-0.3, -0.25) is 10.1 Å². The molecule has 5 heteroatoms. The molecular formula is C11H21N5. The van der Waals surface area contributed by atoms with Crippen LogP contribution < -0.4 is 11.1 Å². The van der Waals surface area contributed by atoms with Crippen LogP contribution in [0.4, 0.5) is 0 Å². The van der Waals surface area contributed by atoms with E-state index in [1.165, 1.54) is 5.56 Å². The lowest BCUT2D eigenvalue weighted by Gasteiger charge is -2.08. The first-order chi connectivity index (χ1) is 7.59. The Balaban J connectivity index is 2.24. The highest BCUT2D eigenvalue weighted by Crippen LogP contribution is 2.05. The molecule has 5 nitrogen and oxygen atoms in total. The summed E-state index contributed by atoms with van der Waals surface area (Å²) in [6.45, 7) is 6.85. The van der Waals surface area contributed by atoms with Gasteiger partial charge >= 0.3 is 0 Å². The van der Waals surface area contributed by atoms with Gasteiger partial charge in [-0.05, 0) is 39.2 Å². The highest BCUT2D eigenvalue weighted by atomic mass is 15.1. The fourth-order valence-corrected chi connectivity index (χ4v) is 1.44. The molecule has 0 saturated carbocycles. The van der Waals surface area contributed by atoms with Gasteiger partial charge in [0.2, 0.25) is 0 Å². The van der Waals surface area contributed by atoms with Gasteiger partial charge in [-0.2, -0.15) is 5.10 Å². The Kier molecular flexibility index (Phi) is 4.82. The monoisotopic (exact) mass is 223 g/mol. The Labute approximate surface area is 96.5 Å². The van der Waals surface area contributed by atoms with Crippen LogP contribution in [0.1, 0.15) is 31.5 Å². The van der Waals surface area contributed by atoms with Crippen molar-refractivity contribution in [2.24, 2.45) is 10.7 Å². The second kappa shape index (κ2) is 6.15. The molecule has 0 fully saturated rings. The highest BCUT2D eigenvalue weighted by molar-refractivity contribution is 5.77. The molecule has 0 spiro atoms. The fraction of sp³-hybridized carbons (Fsp3) is 0.636. The van der Waals surface area contributed by atoms with Crippen LogP contribution in [-0.4, -0.2) is 28.7 Å². The first kappa shape index (κ1) is 12.5. The van der Waals surface area contributed by atoms with Gasteiger partial charge in [0.1, 0.15) is 0 Å². The van der Waals surface area contributed by atoms with E-state index < -0.39 is 0 Å². The van der Waals surface area contributed by atoms with Crippen LogP contribution in [0.5, 0.6) is 0 Å². The molecule has 1 heterocycles. The molecule has 0 radical (unpaired) electrons. The average molecular weight is 223 g/mol. The highest BCUT2D eigenvalue weighted by Gasteiger charge is 1.99. The average Bonchev–Trinajstić information content (AvgIpc) is 2.58. The number of nitrogens with zero attached hydrogens (tertiary/aromatic N) is 2. The zero-order chi connectivity index (χ0) is 12.0. The minimum atomic E-state index is 0.333. The van der Waals surface area contributed by atoms with E-state index in [1.807, 2.05) is 27.0 Å². The Morgan fingerprint density at radius 1 is 1.62 bits per heavy atom. The van der Waals surface area contributed by atoms with Gasteiger partial charge in [-0.25, -0.2) is 0 Å². The normalized spacial score (nSPS) is 12.1. The molecule has 0 bridgehead atoms. The quantitative estimate of drug-likeness (QED) is 0.395. The summed E-state index contributed by atoms with van der Waals surface area (Å²) in [4.78, 5) is 4.25. The van der Waals surface area contributed by atoms with Crippen molar-refractivity contribution in [2.75, 3.05) is 6.54 Å². The van der Waals surface area contributed by atoms with Crippen LogP contribution in [-0.2, 0) is 6.42 Å². The first-order valence-electron chi connectivity index (χ1n) is 5.65. The van der Waals surface area contributed by atoms with Crippen molar-refractivity contribution < 1.29 is 0 Å². The summed E-state index contributed by atoms with van der Waals surface area (Å²) < 4.78 is 0. The maximum absolute atomic E-state index is 5.68. The number of guanidine groups is 1. The van der Waals surface area contributed by atoms with E-state index in [9.17, 15) is 0 Å². The van der Waals surface area contributed by atoms with Crippen LogP contribution in [0.25, 0.3) is 0 Å². The molecule has 0 aromatic carbocycles. The van der Waals surface area contributed by atoms with E-state index in [-0.39, 0.29) is 0 Å². The van der Waals surface area contributed by atoms with Crippen molar-refractivity contribution in [3.63, 3.8) is 0 Å². The van der Waals surface area contributed by atoms with Gasteiger partial charge in [0.15, 0.2) is 5.96 Å². The Bertz CT molecular complexity index is 340. The molecule has 90 valence electrons. The molecule has 1 rings (SSSR count). The zero-order valence-electron chi connectivity index (χ0n) is 10.2. The first-order valence-corrected chi connectivity index (χ1v) is 5.65. The summed E-state index contributed by atoms with van der Waals surface area (Å²) in [5.41, 5.74) is 8.08. The van der Waals surface area contributed by atoms with Crippen LogP contribution in [0.2, 0.25) is 0 Å². The summed E-state index contributed by atoms with van der Waals surface area (Å²) in [7, 11) is 0. The number of nitrogens with two attached hydrogens (primary N) is 1. The van der Waals surface area contributed by atoms with Crippen LogP contribution in [0.15, 0.2) is 11.2 Å². The molecule has 1 aromatic rings. The number of rotatable bonds is 5. The van der Waals surface area contributed by atoms with E-state index in [4.69, 9.17) is 5.73 Å². The molecular weight excluding hydrogens is 202 g/mol. The predicted octanol–water partition coefficient (Wildman–Crippen LogP) is 0.963. The number of hydrogen-bond acceptors (Lipinski definition) is 2. The molecule has 0 unspecified atom stereocenters. The lowest BCUT2D eigenvalue weighted by Crippen LogP contribution is -2.36. The molecule has 0 aliphatic heterocycles. The fourth-order valence-electron chi connectivity index (χ4n) is 1.44. The summed E-state index contributed by atoms with van der Waals surface area (Å²) in [5.74, 6) is 0.527. The van der Waals surface area contributed by atoms with Gasteiger partial charge in [0.25, 0.3) is 0 Å². The summed E-state index contributed by atoms with van der Waals surface area (Å²) in [6, 6.07) is 0.333. The van der Waals surface area contributed by atoms with E-state index >= 15 is 0 Å². The minimum Gasteiger partial charge on any atom is -0.370 e. The van der Waals surface area contributed by atoms with Crippen molar-refractivity contribution in [3.05, 3.63) is 17.5 Å². The number of hydrogen-bond donors (Lipinski definition) is 3. The molecule has 16 heavy (non-hydrogen) atoms. The van der Waals surface area contributed by atoms with Crippen LogP contribution >= 0.6 is 0 Å². The third-order valence-electron chi connectivity index (χ3n) is 2.26. The smallest absolute Gasteiger partial charge is 0.188 e. The Hall–Kier alpha value is -1.52. The Morgan fingerprint density at radius 2 is 2.38 bits per heavy atom. The minimum absolute atomic E-state index is 0.333. The maximum Gasteiger partial charge on any atom is 0.188 e. The SMILES string of the molecule is Cc1[nH]ncc1CCCN=C(N)NC(C)C. The largest absolute Gasteiger partial charge is 0.370 e. The Morgan fingerprint density at radius 3 is 2.94 bits per heavy atom. The van der Waals surface area contributed by atoms with Gasteiger partial charge in [-0.15, -0.1) is 0 Å². The number of aromatic nitrogens is 2. The van der Waals surface area contributed by atoms with Crippen molar-refractivity contribution >= 4 is 5.96 Å². The lowest BCUT2D eigenvalue weighted by atomic mass is 10.1. The summed E-state index contributed by atoms with van der Waals surface area (Å²) >= 11 is 0.